The van der Waals surface area contributed by atoms with Gasteiger partial charge < -0.3 is 24.4 Å². The van der Waals surface area contributed by atoms with Crippen LogP contribution >= 0.6 is 0 Å². The zero-order valence-electron chi connectivity index (χ0n) is 19.1. The first-order valence-corrected chi connectivity index (χ1v) is 11.2. The van der Waals surface area contributed by atoms with Crippen LogP contribution in [-0.2, 0) is 14.2 Å². The monoisotopic (exact) mass is 488 g/mol. The van der Waals surface area contributed by atoms with Crippen molar-refractivity contribution < 1.29 is 38.8 Å². The third-order valence-corrected chi connectivity index (χ3v) is 5.73. The molecule has 0 amide bonds. The number of rotatable bonds is 7. The molecule has 4 atom stereocenters. The van der Waals surface area contributed by atoms with Crippen molar-refractivity contribution in [3.8, 4) is 0 Å². The van der Waals surface area contributed by atoms with E-state index in [1.807, 2.05) is 0 Å². The molecule has 0 heterocycles. The van der Waals surface area contributed by atoms with Gasteiger partial charge in [-0.1, -0.05) is 54.6 Å². The van der Waals surface area contributed by atoms with Gasteiger partial charge in [0.05, 0.1) is 16.7 Å². The van der Waals surface area contributed by atoms with E-state index in [1.165, 1.54) is 36.4 Å². The van der Waals surface area contributed by atoms with Crippen molar-refractivity contribution in [3.63, 3.8) is 0 Å². The maximum atomic E-state index is 12.7. The van der Waals surface area contributed by atoms with Crippen LogP contribution in [0.1, 0.15) is 31.1 Å². The normalized spacial score (nSPS) is 22.9. The number of carbonyl (C=O) groups is 3. The summed E-state index contributed by atoms with van der Waals surface area (Å²) >= 11 is 0. The molecular formula is C28H24O8. The highest BCUT2D eigenvalue weighted by molar-refractivity contribution is 5.90. The number of esters is 3. The lowest BCUT2D eigenvalue weighted by molar-refractivity contribution is -0.184. The van der Waals surface area contributed by atoms with Crippen LogP contribution in [0.4, 0.5) is 0 Å². The number of aliphatic hydroxyl groups is 2. The van der Waals surface area contributed by atoms with Crippen LogP contribution in [0, 0.1) is 0 Å². The van der Waals surface area contributed by atoms with Gasteiger partial charge in [-0.05, 0) is 48.6 Å². The van der Waals surface area contributed by atoms with Crippen molar-refractivity contribution in [1.82, 2.24) is 0 Å². The third kappa shape index (κ3) is 5.51. The van der Waals surface area contributed by atoms with Crippen molar-refractivity contribution in [2.45, 2.75) is 23.9 Å². The standard InChI is InChI=1S/C28H24O8/c29-24-22(35-26(31)20-12-6-2-7-13-20)16-17-23(36-27(32)21-14-8-3-9-15-21)28(24,33)18-34-25(30)19-10-4-1-5-11-19/h1-17,22-24,29,33H,18H2/t22-,23-,24-,28+/m0/s1. The van der Waals surface area contributed by atoms with Crippen LogP contribution in [0.25, 0.3) is 0 Å². The Kier molecular flexibility index (Phi) is 7.58. The Morgan fingerprint density at radius 1 is 0.667 bits per heavy atom. The van der Waals surface area contributed by atoms with Gasteiger partial charge in [0.25, 0.3) is 0 Å². The molecule has 184 valence electrons. The summed E-state index contributed by atoms with van der Waals surface area (Å²) < 4.78 is 16.2. The van der Waals surface area contributed by atoms with Crippen LogP contribution in [0.5, 0.6) is 0 Å². The van der Waals surface area contributed by atoms with Crippen molar-refractivity contribution >= 4 is 17.9 Å². The lowest BCUT2D eigenvalue weighted by Crippen LogP contribution is -2.62. The van der Waals surface area contributed by atoms with E-state index < -0.39 is 48.4 Å². The SMILES string of the molecule is O=C(OC[C@@]1(O)[C@@H](OC(=O)c2ccccc2)C=C[C@H](OC(=O)c2ccccc2)[C@@H]1O)c1ccccc1. The molecule has 0 saturated heterocycles. The first-order valence-electron chi connectivity index (χ1n) is 11.2. The van der Waals surface area contributed by atoms with Crippen molar-refractivity contribution in [2.24, 2.45) is 0 Å². The average molecular weight is 488 g/mol. The van der Waals surface area contributed by atoms with Gasteiger partial charge in [0.15, 0.2) is 11.7 Å². The lowest BCUT2D eigenvalue weighted by Gasteiger charge is -2.42. The Bertz CT molecular complexity index is 1230. The Labute approximate surface area is 207 Å². The van der Waals surface area contributed by atoms with Crippen LogP contribution in [0.3, 0.4) is 0 Å². The van der Waals surface area contributed by atoms with Gasteiger partial charge in [0.2, 0.25) is 0 Å². The molecule has 8 heteroatoms. The van der Waals surface area contributed by atoms with E-state index in [-0.39, 0.29) is 16.7 Å². The van der Waals surface area contributed by atoms with Gasteiger partial charge in [0, 0.05) is 0 Å². The second-order valence-electron chi connectivity index (χ2n) is 8.19. The molecule has 0 bridgehead atoms. The van der Waals surface area contributed by atoms with Crippen LogP contribution in [-0.4, -0.2) is 58.6 Å². The number of hydrogen-bond acceptors (Lipinski definition) is 8. The van der Waals surface area contributed by atoms with Gasteiger partial charge in [-0.3, -0.25) is 0 Å². The summed E-state index contributed by atoms with van der Waals surface area (Å²) in [6, 6.07) is 24.3. The predicted molar refractivity (Wildman–Crippen MR) is 128 cm³/mol. The molecular weight excluding hydrogens is 464 g/mol. The summed E-state index contributed by atoms with van der Waals surface area (Å²) in [5.74, 6) is -2.24. The largest absolute Gasteiger partial charge is 0.459 e. The highest BCUT2D eigenvalue weighted by Gasteiger charge is 2.52. The minimum absolute atomic E-state index is 0.224. The van der Waals surface area contributed by atoms with Crippen LogP contribution < -0.4 is 0 Å². The molecule has 0 aliphatic heterocycles. The number of ether oxygens (including phenoxy) is 3. The number of aliphatic hydroxyl groups excluding tert-OH is 1. The van der Waals surface area contributed by atoms with Crippen molar-refractivity contribution in [2.75, 3.05) is 6.61 Å². The molecule has 0 radical (unpaired) electrons. The van der Waals surface area contributed by atoms with Crippen molar-refractivity contribution in [1.29, 1.82) is 0 Å². The Morgan fingerprint density at radius 3 is 1.61 bits per heavy atom. The molecule has 4 rings (SSSR count). The smallest absolute Gasteiger partial charge is 0.338 e. The van der Waals surface area contributed by atoms with Gasteiger partial charge in [0.1, 0.15) is 18.8 Å². The lowest BCUT2D eigenvalue weighted by atomic mass is 9.82. The maximum absolute atomic E-state index is 12.7. The molecule has 0 spiro atoms. The van der Waals surface area contributed by atoms with Gasteiger partial charge >= 0.3 is 17.9 Å². The summed E-state index contributed by atoms with van der Waals surface area (Å²) in [4.78, 5) is 37.7. The topological polar surface area (TPSA) is 119 Å². The first kappa shape index (κ1) is 24.8. The van der Waals surface area contributed by atoms with E-state index in [2.05, 4.69) is 0 Å². The molecule has 36 heavy (non-hydrogen) atoms. The Balaban J connectivity index is 1.56. The second kappa shape index (κ2) is 11.0. The second-order valence-corrected chi connectivity index (χ2v) is 8.19. The van der Waals surface area contributed by atoms with E-state index in [9.17, 15) is 24.6 Å². The summed E-state index contributed by atoms with van der Waals surface area (Å²) in [5, 5.41) is 22.6. The fraction of sp³-hybridized carbons (Fsp3) is 0.179. The molecule has 2 N–H and O–H groups in total. The summed E-state index contributed by atoms with van der Waals surface area (Å²) in [5.41, 5.74) is -1.62. The van der Waals surface area contributed by atoms with E-state index >= 15 is 0 Å². The van der Waals surface area contributed by atoms with E-state index in [0.29, 0.717) is 0 Å². The average Bonchev–Trinajstić information content (AvgIpc) is 2.93. The molecule has 1 aliphatic rings. The van der Waals surface area contributed by atoms with Gasteiger partial charge in [-0.2, -0.15) is 0 Å². The minimum Gasteiger partial charge on any atom is -0.459 e. The number of benzene rings is 3. The molecule has 3 aromatic rings. The molecule has 0 unspecified atom stereocenters. The van der Waals surface area contributed by atoms with Gasteiger partial charge in [-0.15, -0.1) is 0 Å². The maximum Gasteiger partial charge on any atom is 0.338 e. The Hall–Kier alpha value is -4.27. The zero-order valence-corrected chi connectivity index (χ0v) is 19.1. The molecule has 3 aromatic carbocycles. The summed E-state index contributed by atoms with van der Waals surface area (Å²) in [7, 11) is 0. The third-order valence-electron chi connectivity index (χ3n) is 5.73. The Morgan fingerprint density at radius 2 is 1.11 bits per heavy atom. The molecule has 8 nitrogen and oxygen atoms in total. The highest BCUT2D eigenvalue weighted by Crippen LogP contribution is 2.31. The van der Waals surface area contributed by atoms with E-state index in [0.717, 1.165) is 0 Å². The molecule has 0 saturated carbocycles. The predicted octanol–water partition coefficient (Wildman–Crippen LogP) is 2.96. The van der Waals surface area contributed by atoms with Crippen LogP contribution in [0.2, 0.25) is 0 Å². The molecule has 0 aromatic heterocycles. The quantitative estimate of drug-likeness (QED) is 0.296. The minimum atomic E-state index is -2.31. The number of hydrogen-bond donors (Lipinski definition) is 2. The van der Waals surface area contributed by atoms with Crippen LogP contribution in [0.15, 0.2) is 103 Å². The fourth-order valence-corrected chi connectivity index (χ4v) is 3.71. The van der Waals surface area contributed by atoms with Crippen molar-refractivity contribution in [3.05, 3.63) is 120 Å². The fourth-order valence-electron chi connectivity index (χ4n) is 3.71. The van der Waals surface area contributed by atoms with Gasteiger partial charge in [-0.25, -0.2) is 14.4 Å². The first-order chi connectivity index (χ1) is 17.4. The van der Waals surface area contributed by atoms with E-state index in [1.54, 1.807) is 66.7 Å². The van der Waals surface area contributed by atoms with E-state index in [4.69, 9.17) is 14.2 Å². The highest BCUT2D eigenvalue weighted by atomic mass is 16.6. The molecule has 0 fully saturated rings. The zero-order chi connectivity index (χ0) is 25.5. The molecule has 1 aliphatic carbocycles. The summed E-state index contributed by atoms with van der Waals surface area (Å²) in [6.07, 6.45) is -1.87. The number of carbonyl (C=O) groups excluding carboxylic acids is 3. The summed E-state index contributed by atoms with van der Waals surface area (Å²) in [6.45, 7) is -0.738.